The van der Waals surface area contributed by atoms with E-state index >= 15 is 0 Å². The fourth-order valence-electron chi connectivity index (χ4n) is 10.0. The Morgan fingerprint density at radius 3 is 2.51 bits per heavy atom. The molecule has 1 unspecified atom stereocenters. The Balaban J connectivity index is 1.05. The molecule has 61 heavy (non-hydrogen) atoms. The first-order valence-electron chi connectivity index (χ1n) is 22.3. The van der Waals surface area contributed by atoms with Crippen LogP contribution < -0.4 is 25.7 Å². The molecule has 3 N–H and O–H groups in total. The van der Waals surface area contributed by atoms with Crippen LogP contribution in [0.2, 0.25) is 0 Å². The minimum absolute atomic E-state index is 0.0903. The number of nitrogens with one attached hydrogen (secondary N) is 3. The Morgan fingerprint density at radius 2 is 1.74 bits per heavy atom. The maximum atomic E-state index is 15.0. The summed E-state index contributed by atoms with van der Waals surface area (Å²) in [6.07, 6.45) is 14.7. The average Bonchev–Trinajstić information content (AvgIpc) is 4.01. The number of alkyl carbamates (subject to hydrolysis) is 1. The van der Waals surface area contributed by atoms with Crippen LogP contribution in [-0.2, 0) is 25.7 Å². The molecule has 6 aliphatic rings. The van der Waals surface area contributed by atoms with Gasteiger partial charge < -0.3 is 25.0 Å². The number of aromatic nitrogens is 2. The Labute approximate surface area is 360 Å². The predicted octanol–water partition coefficient (Wildman–Crippen LogP) is 6.59. The van der Waals surface area contributed by atoms with E-state index < -0.39 is 29.8 Å². The number of hydrogen-bond acceptors (Lipinski definition) is 9. The summed E-state index contributed by atoms with van der Waals surface area (Å²) in [5.41, 5.74) is 1.06. The minimum atomic E-state index is -1.10. The molecular weight excluding hydrogens is 793 g/mol. The molecule has 14 heteroatoms. The molecule has 322 valence electrons. The number of ether oxygens (including phenoxy) is 2. The van der Waals surface area contributed by atoms with Gasteiger partial charge in [-0.2, -0.15) is 4.98 Å². The van der Waals surface area contributed by atoms with Crippen LogP contribution in [0.5, 0.6) is 6.01 Å². The molecule has 3 heterocycles. The topological polar surface area (TPSA) is 161 Å². The van der Waals surface area contributed by atoms with E-state index in [0.29, 0.717) is 22.6 Å². The van der Waals surface area contributed by atoms with Crippen LogP contribution in [0.15, 0.2) is 78.1 Å². The monoisotopic (exact) mass is 848 g/mol. The number of allylic oxidation sites excluding steroid dienone is 2. The van der Waals surface area contributed by atoms with Gasteiger partial charge in [-0.05, 0) is 111 Å². The summed E-state index contributed by atoms with van der Waals surface area (Å²) in [5, 5.41) is 6.92. The van der Waals surface area contributed by atoms with Crippen molar-refractivity contribution in [2.75, 3.05) is 6.54 Å². The highest BCUT2D eigenvalue weighted by molar-refractivity contribution is 7.98. The minimum Gasteiger partial charge on any atom is -0.459 e. The lowest BCUT2D eigenvalue weighted by atomic mass is 9.96. The molecule has 9 rings (SSSR count). The lowest BCUT2D eigenvalue weighted by Gasteiger charge is -2.32. The summed E-state index contributed by atoms with van der Waals surface area (Å²) in [7, 11) is 0. The molecule has 0 radical (unpaired) electrons. The molecule has 1 aromatic heterocycles. The van der Waals surface area contributed by atoms with E-state index in [1.54, 1.807) is 15.5 Å². The summed E-state index contributed by atoms with van der Waals surface area (Å²) in [4.78, 5) is 77.1. The number of amides is 4. The molecule has 2 bridgehead atoms. The van der Waals surface area contributed by atoms with E-state index in [4.69, 9.17) is 14.5 Å². The lowest BCUT2D eigenvalue weighted by Crippen LogP contribution is -2.55. The summed E-state index contributed by atoms with van der Waals surface area (Å²) >= 11 is 1.40. The largest absolute Gasteiger partial charge is 0.459 e. The van der Waals surface area contributed by atoms with Crippen molar-refractivity contribution < 1.29 is 28.7 Å². The third kappa shape index (κ3) is 8.96. The van der Waals surface area contributed by atoms with Crippen molar-refractivity contribution in [1.29, 1.82) is 0 Å². The van der Waals surface area contributed by atoms with Crippen LogP contribution in [-0.4, -0.2) is 79.9 Å². The fourth-order valence-corrected chi connectivity index (χ4v) is 10.9. The van der Waals surface area contributed by atoms with Gasteiger partial charge in [0, 0.05) is 36.6 Å². The summed E-state index contributed by atoms with van der Waals surface area (Å²) in [5.74, 6) is -1.02. The number of benzene rings is 2. The van der Waals surface area contributed by atoms with Gasteiger partial charge in [0.2, 0.25) is 11.8 Å². The number of hydrogen-bond donors (Lipinski definition) is 3. The van der Waals surface area contributed by atoms with Crippen molar-refractivity contribution in [3.8, 4) is 17.1 Å². The first-order valence-corrected chi connectivity index (χ1v) is 23.2. The second-order valence-electron chi connectivity index (χ2n) is 17.9. The molecule has 4 aliphatic carbocycles. The van der Waals surface area contributed by atoms with Crippen LogP contribution in [0.3, 0.4) is 0 Å². The highest BCUT2D eigenvalue weighted by atomic mass is 32.2. The van der Waals surface area contributed by atoms with Crippen LogP contribution in [0, 0.1) is 17.8 Å². The van der Waals surface area contributed by atoms with E-state index in [9.17, 15) is 24.0 Å². The van der Waals surface area contributed by atoms with Gasteiger partial charge in [-0.1, -0.05) is 67.5 Å². The lowest BCUT2D eigenvalue weighted by molar-refractivity contribution is -0.137. The standard InChI is InChI=1S/C47H56N6O7S/c1-2-33-27-47(33,44(57)51-61-36-20-21-36)50-40(54)26-34-25-35-28-53(34)43(56)41(31-15-8-9-16-31)49-46(58)60-39-18-11-17-30(39)14-7-4-10-23-52-42(55)37-22-19-32(29-12-5-3-6-13-29)24-38(37)48-45(52)59-35/h2-6,10,12-13,19,22,24,30-31,33-36,39,41H,1,7-9,11,14-18,20-21,23,25-28H2,(H,49,58)(H,50,54)(H,51,57)/b10-4+/t30?,33-,34+,35-,39-,41+,47-/m1/s1. The van der Waals surface area contributed by atoms with E-state index in [1.165, 1.54) is 11.9 Å². The number of carbonyl (C=O) groups excluding carboxylic acids is 4. The number of rotatable bonds is 9. The smallest absolute Gasteiger partial charge is 0.408 e. The van der Waals surface area contributed by atoms with Gasteiger partial charge in [-0.3, -0.25) is 28.5 Å². The summed E-state index contributed by atoms with van der Waals surface area (Å²) in [6.45, 7) is 4.24. The van der Waals surface area contributed by atoms with Gasteiger partial charge in [0.1, 0.15) is 23.8 Å². The van der Waals surface area contributed by atoms with E-state index in [2.05, 4.69) is 28.0 Å². The van der Waals surface area contributed by atoms with Crippen LogP contribution in [0.1, 0.15) is 89.9 Å². The first kappa shape index (κ1) is 41.3. The van der Waals surface area contributed by atoms with E-state index in [-0.39, 0.29) is 79.1 Å². The van der Waals surface area contributed by atoms with Crippen molar-refractivity contribution in [3.05, 3.63) is 83.7 Å². The molecule has 4 saturated carbocycles. The normalized spacial score (nSPS) is 29.9. The van der Waals surface area contributed by atoms with Crippen molar-refractivity contribution in [2.45, 2.75) is 132 Å². The van der Waals surface area contributed by atoms with Gasteiger partial charge in [-0.15, -0.1) is 6.58 Å². The molecule has 2 aliphatic heterocycles. The molecule has 0 spiro atoms. The molecule has 5 fully saturated rings. The maximum Gasteiger partial charge on any atom is 0.408 e. The second-order valence-corrected chi connectivity index (χ2v) is 19.0. The number of nitrogens with zero attached hydrogens (tertiary/aromatic N) is 3. The molecule has 4 amide bonds. The third-order valence-electron chi connectivity index (χ3n) is 13.7. The Hall–Kier alpha value is -5.11. The van der Waals surface area contributed by atoms with Gasteiger partial charge in [0.15, 0.2) is 0 Å². The zero-order valence-corrected chi connectivity index (χ0v) is 35.4. The highest BCUT2D eigenvalue weighted by Crippen LogP contribution is 2.46. The van der Waals surface area contributed by atoms with Crippen molar-refractivity contribution in [3.63, 3.8) is 0 Å². The zero-order valence-electron chi connectivity index (χ0n) is 34.6. The predicted molar refractivity (Wildman–Crippen MR) is 233 cm³/mol. The SMILES string of the molecule is C=C[C@@H]1C[C@]1(NC(=O)C[C@@H]1C[C@@H]2CN1C(=O)[C@H](C1CCCC1)NC(=O)O[C@@H]1CCCC1CC/C=C/Cn1c(nc3cc(-c4ccccc4)ccc3c1=O)O2)C(=O)NSC1CC1. The number of carbonyl (C=O) groups is 4. The molecule has 13 nitrogen and oxygen atoms in total. The molecule has 1 saturated heterocycles. The molecule has 2 aromatic carbocycles. The quantitative estimate of drug-likeness (QED) is 0.159. The number of fused-ring (bicyclic) bond motifs is 5. The fraction of sp³-hybridized carbons (Fsp3) is 0.532. The maximum absolute atomic E-state index is 15.0. The van der Waals surface area contributed by atoms with E-state index in [0.717, 1.165) is 81.8 Å². The summed E-state index contributed by atoms with van der Waals surface area (Å²) in [6, 6.07) is 14.2. The van der Waals surface area contributed by atoms with Gasteiger partial charge in [0.05, 0.1) is 17.4 Å². The molecule has 3 aromatic rings. The van der Waals surface area contributed by atoms with Crippen LogP contribution in [0.4, 0.5) is 4.79 Å². The zero-order chi connectivity index (χ0) is 42.1. The van der Waals surface area contributed by atoms with Gasteiger partial charge >= 0.3 is 6.09 Å². The molecular formula is C47H56N6O7S. The van der Waals surface area contributed by atoms with Gasteiger partial charge in [0.25, 0.3) is 17.5 Å². The highest BCUT2D eigenvalue weighted by Gasteiger charge is 2.60. The summed E-state index contributed by atoms with van der Waals surface area (Å²) < 4.78 is 17.3. The first-order chi connectivity index (χ1) is 29.7. The van der Waals surface area contributed by atoms with Crippen molar-refractivity contribution in [2.24, 2.45) is 17.8 Å². The Kier molecular flexibility index (Phi) is 12.0. The average molecular weight is 849 g/mol. The van der Waals surface area contributed by atoms with Crippen LogP contribution in [0.25, 0.3) is 22.0 Å². The van der Waals surface area contributed by atoms with Crippen molar-refractivity contribution >= 4 is 46.7 Å². The van der Waals surface area contributed by atoms with E-state index in [1.807, 2.05) is 54.6 Å². The van der Waals surface area contributed by atoms with Crippen molar-refractivity contribution in [1.82, 2.24) is 29.8 Å². The van der Waals surface area contributed by atoms with Gasteiger partial charge in [-0.25, -0.2) is 4.79 Å². The molecule has 7 atom stereocenters. The Bertz CT molecular complexity index is 2260. The van der Waals surface area contributed by atoms with Crippen LogP contribution >= 0.6 is 11.9 Å². The third-order valence-corrected chi connectivity index (χ3v) is 14.8. The second kappa shape index (κ2) is 17.7. The Morgan fingerprint density at radius 1 is 0.934 bits per heavy atom.